The average molecular weight is 308 g/mol. The largest absolute Gasteiger partial charge is 0.493 e. The molecule has 0 amide bonds. The molecule has 1 aliphatic rings. The van der Waals surface area contributed by atoms with E-state index in [0.29, 0.717) is 24.5 Å². The van der Waals surface area contributed by atoms with Crippen LogP contribution < -0.4 is 9.47 Å². The number of methoxy groups -OCH3 is 1. The van der Waals surface area contributed by atoms with Gasteiger partial charge in [-0.25, -0.2) is 0 Å². The normalized spacial score (nSPS) is 18.8. The molecule has 1 heterocycles. The van der Waals surface area contributed by atoms with Gasteiger partial charge in [-0.1, -0.05) is 12.1 Å². The zero-order chi connectivity index (χ0) is 16.2. The summed E-state index contributed by atoms with van der Waals surface area (Å²) in [6, 6.07) is 5.58. The van der Waals surface area contributed by atoms with Crippen LogP contribution in [-0.2, 0) is 16.0 Å². The second-order valence-corrected chi connectivity index (χ2v) is 6.27. The van der Waals surface area contributed by atoms with Crippen molar-refractivity contribution in [2.24, 2.45) is 5.41 Å². The molecular formula is C17H24O5. The number of hydrogen-bond donors (Lipinski definition) is 1. The van der Waals surface area contributed by atoms with E-state index < -0.39 is 11.4 Å². The summed E-state index contributed by atoms with van der Waals surface area (Å²) in [6.45, 7) is 4.75. The number of carboxylic acids is 1. The summed E-state index contributed by atoms with van der Waals surface area (Å²) in [5.41, 5.74) is -0.0228. The number of para-hydroxylation sites is 1. The van der Waals surface area contributed by atoms with Gasteiger partial charge in [0, 0.05) is 6.61 Å². The second-order valence-electron chi connectivity index (χ2n) is 6.27. The molecule has 1 aromatic carbocycles. The zero-order valence-corrected chi connectivity index (χ0v) is 13.4. The molecule has 0 aliphatic carbocycles. The zero-order valence-electron chi connectivity index (χ0n) is 13.4. The molecule has 1 fully saturated rings. The number of carbonyl (C=O) groups is 1. The van der Waals surface area contributed by atoms with Crippen molar-refractivity contribution in [1.29, 1.82) is 0 Å². The van der Waals surface area contributed by atoms with Crippen LogP contribution in [0.15, 0.2) is 18.2 Å². The van der Waals surface area contributed by atoms with Gasteiger partial charge in [-0.2, -0.15) is 0 Å². The smallest absolute Gasteiger partial charge is 0.309 e. The van der Waals surface area contributed by atoms with E-state index in [0.717, 1.165) is 25.0 Å². The molecule has 1 aliphatic heterocycles. The van der Waals surface area contributed by atoms with Gasteiger partial charge in [0.1, 0.15) is 6.10 Å². The highest BCUT2D eigenvalue weighted by Gasteiger charge is 2.30. The first-order valence-electron chi connectivity index (χ1n) is 7.57. The fraction of sp³-hybridized carbons (Fsp3) is 0.588. The summed E-state index contributed by atoms with van der Waals surface area (Å²) >= 11 is 0. The van der Waals surface area contributed by atoms with Crippen molar-refractivity contribution in [2.45, 2.75) is 39.2 Å². The van der Waals surface area contributed by atoms with Crippen molar-refractivity contribution in [3.8, 4) is 11.5 Å². The van der Waals surface area contributed by atoms with Crippen molar-refractivity contribution in [3.63, 3.8) is 0 Å². The molecule has 5 nitrogen and oxygen atoms in total. The van der Waals surface area contributed by atoms with Crippen molar-refractivity contribution < 1.29 is 24.1 Å². The Hall–Kier alpha value is -1.75. The predicted octanol–water partition coefficient (Wildman–Crippen LogP) is 2.91. The number of rotatable bonds is 6. The van der Waals surface area contributed by atoms with Crippen molar-refractivity contribution in [2.75, 3.05) is 20.3 Å². The van der Waals surface area contributed by atoms with Gasteiger partial charge >= 0.3 is 5.97 Å². The minimum Gasteiger partial charge on any atom is -0.493 e. The van der Waals surface area contributed by atoms with Gasteiger partial charge in [0.05, 0.1) is 19.1 Å². The van der Waals surface area contributed by atoms with Crippen molar-refractivity contribution in [3.05, 3.63) is 23.8 Å². The lowest BCUT2D eigenvalue weighted by atomic mass is 9.85. The third-order valence-electron chi connectivity index (χ3n) is 3.89. The van der Waals surface area contributed by atoms with E-state index in [1.807, 2.05) is 18.2 Å². The van der Waals surface area contributed by atoms with Crippen LogP contribution >= 0.6 is 0 Å². The standard InChI is InChI=1S/C17H24O5/c1-17(2,16(18)19)10-12-6-4-8-14(20-3)15(12)22-13-7-5-9-21-11-13/h4,6,8,13H,5,7,9-11H2,1-3H3,(H,18,19). The van der Waals surface area contributed by atoms with Gasteiger partial charge in [-0.05, 0) is 44.7 Å². The fourth-order valence-corrected chi connectivity index (χ4v) is 2.52. The molecule has 0 saturated carbocycles. The molecule has 5 heteroatoms. The molecule has 1 saturated heterocycles. The van der Waals surface area contributed by atoms with Crippen LogP contribution in [0.4, 0.5) is 0 Å². The number of hydrogen-bond acceptors (Lipinski definition) is 4. The summed E-state index contributed by atoms with van der Waals surface area (Å²) in [7, 11) is 1.59. The first kappa shape index (κ1) is 16.6. The lowest BCUT2D eigenvalue weighted by Crippen LogP contribution is -2.30. The van der Waals surface area contributed by atoms with Crippen LogP contribution in [-0.4, -0.2) is 37.5 Å². The van der Waals surface area contributed by atoms with Crippen molar-refractivity contribution in [1.82, 2.24) is 0 Å². The van der Waals surface area contributed by atoms with Gasteiger partial charge in [0.2, 0.25) is 0 Å². The van der Waals surface area contributed by atoms with Crippen LogP contribution in [0.5, 0.6) is 11.5 Å². The van der Waals surface area contributed by atoms with Crippen LogP contribution in [0.1, 0.15) is 32.3 Å². The maximum absolute atomic E-state index is 11.4. The molecule has 0 aromatic heterocycles. The van der Waals surface area contributed by atoms with E-state index in [1.165, 1.54) is 0 Å². The Balaban J connectivity index is 2.26. The molecule has 122 valence electrons. The maximum atomic E-state index is 11.4. The highest BCUT2D eigenvalue weighted by atomic mass is 16.5. The molecule has 0 spiro atoms. The number of benzene rings is 1. The SMILES string of the molecule is COc1cccc(CC(C)(C)C(=O)O)c1OC1CCCOC1. The maximum Gasteiger partial charge on any atom is 0.309 e. The highest BCUT2D eigenvalue weighted by molar-refractivity contribution is 5.74. The summed E-state index contributed by atoms with van der Waals surface area (Å²) in [5, 5.41) is 9.35. The lowest BCUT2D eigenvalue weighted by Gasteiger charge is -2.27. The predicted molar refractivity (Wildman–Crippen MR) is 82.6 cm³/mol. The molecule has 22 heavy (non-hydrogen) atoms. The molecular weight excluding hydrogens is 284 g/mol. The Morgan fingerprint density at radius 2 is 2.23 bits per heavy atom. The van der Waals surface area contributed by atoms with Gasteiger partial charge in [0.25, 0.3) is 0 Å². The summed E-state index contributed by atoms with van der Waals surface area (Å²) in [6.07, 6.45) is 2.26. The van der Waals surface area contributed by atoms with Gasteiger partial charge in [0.15, 0.2) is 11.5 Å². The van der Waals surface area contributed by atoms with Crippen LogP contribution in [0.25, 0.3) is 0 Å². The van der Waals surface area contributed by atoms with Gasteiger partial charge < -0.3 is 19.3 Å². The summed E-state index contributed by atoms with van der Waals surface area (Å²) in [4.78, 5) is 11.4. The van der Waals surface area contributed by atoms with Crippen LogP contribution in [0, 0.1) is 5.41 Å². The van der Waals surface area contributed by atoms with E-state index in [2.05, 4.69) is 0 Å². The fourth-order valence-electron chi connectivity index (χ4n) is 2.52. The Kier molecular flexibility index (Phi) is 5.29. The van der Waals surface area contributed by atoms with Gasteiger partial charge in [-0.3, -0.25) is 4.79 Å². The monoisotopic (exact) mass is 308 g/mol. The second kappa shape index (κ2) is 7.01. The molecule has 0 bridgehead atoms. The third-order valence-corrected chi connectivity index (χ3v) is 3.89. The van der Waals surface area contributed by atoms with Crippen LogP contribution in [0.2, 0.25) is 0 Å². The molecule has 0 radical (unpaired) electrons. The minimum absolute atomic E-state index is 0.0169. The summed E-state index contributed by atoms with van der Waals surface area (Å²) in [5.74, 6) is 0.432. The van der Waals surface area contributed by atoms with Gasteiger partial charge in [-0.15, -0.1) is 0 Å². The topological polar surface area (TPSA) is 65.0 Å². The lowest BCUT2D eigenvalue weighted by molar-refractivity contribution is -0.146. The van der Waals surface area contributed by atoms with E-state index in [-0.39, 0.29) is 6.10 Å². The molecule has 1 aromatic rings. The molecule has 1 atom stereocenters. The van der Waals surface area contributed by atoms with E-state index >= 15 is 0 Å². The Morgan fingerprint density at radius 3 is 2.82 bits per heavy atom. The third kappa shape index (κ3) is 3.91. The molecule has 1 N–H and O–H groups in total. The van der Waals surface area contributed by atoms with E-state index in [1.54, 1.807) is 21.0 Å². The minimum atomic E-state index is -0.868. The Morgan fingerprint density at radius 1 is 1.45 bits per heavy atom. The van der Waals surface area contributed by atoms with E-state index in [9.17, 15) is 9.90 Å². The Labute approximate surface area is 131 Å². The summed E-state index contributed by atoms with van der Waals surface area (Å²) < 4.78 is 16.9. The first-order valence-corrected chi connectivity index (χ1v) is 7.57. The number of aliphatic carboxylic acids is 1. The number of carboxylic acid groups (broad SMARTS) is 1. The quantitative estimate of drug-likeness (QED) is 0.875. The first-order chi connectivity index (χ1) is 10.4. The molecule has 1 unspecified atom stereocenters. The molecule has 2 rings (SSSR count). The van der Waals surface area contributed by atoms with Crippen LogP contribution in [0.3, 0.4) is 0 Å². The highest BCUT2D eigenvalue weighted by Crippen LogP contribution is 2.36. The Bertz CT molecular complexity index is 518. The average Bonchev–Trinajstić information content (AvgIpc) is 2.49. The number of ether oxygens (including phenoxy) is 3. The van der Waals surface area contributed by atoms with Crippen molar-refractivity contribution >= 4 is 5.97 Å². The van der Waals surface area contributed by atoms with E-state index in [4.69, 9.17) is 14.2 Å².